The zero-order valence-corrected chi connectivity index (χ0v) is 58.5. The average molecular weight is 1290 g/mol. The molecule has 4 N–H and O–H groups in total. The molecule has 6 heterocycles. The molecule has 1 saturated heterocycles. The van der Waals surface area contributed by atoms with Gasteiger partial charge < -0.3 is 29.4 Å². The molecule has 8 bridgehead atoms. The van der Waals surface area contributed by atoms with Crippen molar-refractivity contribution in [3.63, 3.8) is 0 Å². The number of aromatic amines is 2. The van der Waals surface area contributed by atoms with Gasteiger partial charge in [0.15, 0.2) is 17.3 Å². The van der Waals surface area contributed by atoms with Gasteiger partial charge in [-0.3, -0.25) is 24.4 Å². The number of unbranched alkanes of at least 4 members (excludes halogenated alkanes) is 27. The molecule has 8 rings (SSSR count). The van der Waals surface area contributed by atoms with E-state index in [0.717, 1.165) is 89.1 Å². The quantitative estimate of drug-likeness (QED) is 0.0365. The predicted molar refractivity (Wildman–Crippen MR) is 382 cm³/mol. The van der Waals surface area contributed by atoms with Gasteiger partial charge in [-0.15, -0.1) is 0 Å². The Morgan fingerprint density at radius 1 is 0.606 bits per heavy atom. The van der Waals surface area contributed by atoms with Crippen molar-refractivity contribution in [2.45, 2.75) is 280 Å². The standard InChI is InChI=1S/C79H112N6O9/c1-9-13-16-19-22-25-28-31-34-37-42-91-70-45-57(46-71(92-43-38-35-32-29-26-23-20-17-14-10-2)76(70)93-44-39-36-33-30-27-24-21-18-15-11-3)52-94-72(87)41-40-59-54(6)65-49-63-55(7)60(47-62-77(88)84-79(90)85-78(62)89)68(81-63)50-64-53(5)58(12-4)67(80-64)51-66-56(8)73-69(86)48-61(74(59)82-65)75(73)83-66/h45-47,49-51,54,59,82H,9-44,48,52H2,1-8H3,(H3,84,85,88,89,90)/b60-47+,64-50?,65-49?,66-51?,74-61?. The number of benzene rings is 1. The maximum absolute atomic E-state index is 14.3. The Hall–Kier alpha value is -7.03. The normalized spacial score (nSPS) is 17.9. The number of fused-ring (bicyclic) bond motifs is 5. The predicted octanol–water partition coefficient (Wildman–Crippen LogP) is 19.0. The summed E-state index contributed by atoms with van der Waals surface area (Å²) < 4.78 is 26.3. The molecule has 2 atom stereocenters. The number of H-pyrrole nitrogens is 2. The smallest absolute Gasteiger partial charge is 0.328 e. The van der Waals surface area contributed by atoms with Crippen LogP contribution in [0.25, 0.3) is 6.08 Å². The molecule has 2 aromatic rings. The fourth-order valence-corrected chi connectivity index (χ4v) is 13.9. The average Bonchev–Trinajstić information content (AvgIpc) is 1.58. The third-order valence-corrected chi connectivity index (χ3v) is 19.7. The van der Waals surface area contributed by atoms with E-state index in [2.05, 4.69) is 49.9 Å². The largest absolute Gasteiger partial charge is 0.494 e. The van der Waals surface area contributed by atoms with E-state index in [1.807, 2.05) is 51.1 Å². The van der Waals surface area contributed by atoms with Crippen molar-refractivity contribution in [3.8, 4) is 23.1 Å². The number of hydrogen-bond donors (Lipinski definition) is 4. The summed E-state index contributed by atoms with van der Waals surface area (Å²) in [4.78, 5) is 73.9. The molecule has 1 saturated carbocycles. The van der Waals surface area contributed by atoms with Crippen LogP contribution in [-0.2, 0) is 20.9 Å². The lowest BCUT2D eigenvalue weighted by Crippen LogP contribution is -2.23. The monoisotopic (exact) mass is 1290 g/mol. The van der Waals surface area contributed by atoms with E-state index < -0.39 is 17.1 Å². The van der Waals surface area contributed by atoms with Gasteiger partial charge in [0.05, 0.1) is 54.0 Å². The van der Waals surface area contributed by atoms with Crippen LogP contribution in [0.3, 0.4) is 0 Å². The van der Waals surface area contributed by atoms with Crippen LogP contribution in [0.1, 0.15) is 285 Å². The van der Waals surface area contributed by atoms with Gasteiger partial charge in [-0.2, -0.15) is 0 Å². The number of nitrogens with zero attached hydrogens (tertiary/aromatic N) is 3. The molecule has 0 radical (unpaired) electrons. The zero-order valence-electron chi connectivity index (χ0n) is 58.5. The molecule has 0 amide bonds. The SMILES string of the molecule is CCCCCCCCCCCCOc1cc(COC(=O)CCC2C3=C4CC(=O)C5=C(C)C(=CC6=NC(=CC7=NC(=C(C)/C7=C\c7c(O)[nH]c(=O)[nH]c7=O)C=C(N3)C2C)C(C)=C6CC)N=C45)cc(OCCCCCCCCCCCC)c1OCCCCCCCCCCCC. The Bertz CT molecular complexity index is 3400. The van der Waals surface area contributed by atoms with Gasteiger partial charge in [0.2, 0.25) is 11.6 Å². The van der Waals surface area contributed by atoms with Crippen molar-refractivity contribution in [3.05, 3.63) is 130 Å². The van der Waals surface area contributed by atoms with Gasteiger partial charge in [0.25, 0.3) is 5.56 Å². The lowest BCUT2D eigenvalue weighted by atomic mass is 9.86. The summed E-state index contributed by atoms with van der Waals surface area (Å²) in [5.41, 5.74) is 10.1. The third-order valence-electron chi connectivity index (χ3n) is 19.7. The number of esters is 1. The molecule has 0 spiro atoms. The maximum Gasteiger partial charge on any atom is 0.328 e. The minimum atomic E-state index is -0.821. The Balaban J connectivity index is 1.03. The number of nitrogens with one attached hydrogen (secondary N) is 3. The highest BCUT2D eigenvalue weighted by molar-refractivity contribution is 6.38. The number of ether oxygens (including phenoxy) is 4. The number of hydrogen-bond acceptors (Lipinski definition) is 13. The second-order valence-corrected chi connectivity index (χ2v) is 27.0. The number of aromatic nitrogens is 2. The Morgan fingerprint density at radius 3 is 1.65 bits per heavy atom. The van der Waals surface area contributed by atoms with Crippen molar-refractivity contribution < 1.29 is 33.6 Å². The molecule has 1 aliphatic carbocycles. The molecule has 512 valence electrons. The van der Waals surface area contributed by atoms with Crippen LogP contribution in [0, 0.1) is 11.8 Å². The Kier molecular flexibility index (Phi) is 29.4. The van der Waals surface area contributed by atoms with Gasteiger partial charge in [0.1, 0.15) is 12.2 Å². The van der Waals surface area contributed by atoms with Crippen LogP contribution in [0.2, 0.25) is 0 Å². The zero-order chi connectivity index (χ0) is 66.8. The first-order chi connectivity index (χ1) is 45.7. The number of aliphatic imine (C=N–C) groups is 3. The topological polar surface area (TPSA) is 206 Å². The van der Waals surface area contributed by atoms with Crippen LogP contribution in [0.15, 0.2) is 122 Å². The molecule has 94 heavy (non-hydrogen) atoms. The van der Waals surface area contributed by atoms with E-state index >= 15 is 0 Å². The van der Waals surface area contributed by atoms with Gasteiger partial charge in [-0.1, -0.05) is 208 Å². The highest BCUT2D eigenvalue weighted by atomic mass is 16.5. The summed E-state index contributed by atoms with van der Waals surface area (Å²) in [5, 5.41) is 14.6. The summed E-state index contributed by atoms with van der Waals surface area (Å²) in [6.45, 7) is 18.6. The van der Waals surface area contributed by atoms with Gasteiger partial charge in [-0.05, 0) is 117 Å². The van der Waals surface area contributed by atoms with E-state index in [0.29, 0.717) is 89.6 Å². The van der Waals surface area contributed by atoms with Crippen molar-refractivity contribution in [2.24, 2.45) is 26.8 Å². The fourth-order valence-electron chi connectivity index (χ4n) is 13.9. The summed E-state index contributed by atoms with van der Waals surface area (Å²) in [7, 11) is 0. The Labute approximate surface area is 561 Å². The van der Waals surface area contributed by atoms with Crippen molar-refractivity contribution >= 4 is 35.0 Å². The molecule has 5 aliphatic heterocycles. The molecular weight excluding hydrogens is 1180 g/mol. The summed E-state index contributed by atoms with van der Waals surface area (Å²) in [6.07, 6.45) is 45.8. The minimum Gasteiger partial charge on any atom is -0.494 e. The first-order valence-electron chi connectivity index (χ1n) is 36.8. The second-order valence-electron chi connectivity index (χ2n) is 27.0. The second kappa shape index (κ2) is 37.9. The van der Waals surface area contributed by atoms with E-state index in [-0.39, 0.29) is 48.6 Å². The maximum atomic E-state index is 14.3. The Morgan fingerprint density at radius 2 is 1.12 bits per heavy atom. The molecule has 1 aromatic carbocycles. The van der Waals surface area contributed by atoms with Crippen LogP contribution in [0.5, 0.6) is 23.1 Å². The number of aromatic hydroxyl groups is 1. The molecule has 15 heteroatoms. The van der Waals surface area contributed by atoms with Crippen LogP contribution >= 0.6 is 0 Å². The molecule has 2 unspecified atom stereocenters. The number of rotatable bonds is 43. The van der Waals surface area contributed by atoms with E-state index in [4.69, 9.17) is 33.9 Å². The highest BCUT2D eigenvalue weighted by Gasteiger charge is 2.43. The van der Waals surface area contributed by atoms with Crippen molar-refractivity contribution in [1.82, 2.24) is 15.3 Å². The van der Waals surface area contributed by atoms with Crippen molar-refractivity contribution in [2.75, 3.05) is 19.8 Å². The lowest BCUT2D eigenvalue weighted by molar-refractivity contribution is -0.145. The highest BCUT2D eigenvalue weighted by Crippen LogP contribution is 2.46. The van der Waals surface area contributed by atoms with Gasteiger partial charge in [0, 0.05) is 52.8 Å². The number of Topliss-reactive ketones (excluding diaryl/α,β-unsaturated/α-hetero) is 1. The van der Waals surface area contributed by atoms with E-state index in [1.54, 1.807) is 6.08 Å². The number of carbonyl (C=O) groups is 2. The van der Waals surface area contributed by atoms with E-state index in [9.17, 15) is 24.3 Å². The molecule has 6 aliphatic rings. The molecule has 15 nitrogen and oxygen atoms in total. The van der Waals surface area contributed by atoms with Crippen LogP contribution < -0.4 is 30.8 Å². The van der Waals surface area contributed by atoms with E-state index in [1.165, 1.54) is 154 Å². The lowest BCUT2D eigenvalue weighted by Gasteiger charge is -2.19. The summed E-state index contributed by atoms with van der Waals surface area (Å²) in [5.74, 6) is 0.558. The molecular formula is C79H112N6O9. The summed E-state index contributed by atoms with van der Waals surface area (Å²) >= 11 is 0. The van der Waals surface area contributed by atoms with Gasteiger partial charge in [-0.25, -0.2) is 19.8 Å². The third kappa shape index (κ3) is 20.3. The number of carbonyl (C=O) groups excluding carboxylic acids is 2. The van der Waals surface area contributed by atoms with Crippen molar-refractivity contribution in [1.29, 1.82) is 0 Å². The first kappa shape index (κ1) is 72.8. The van der Waals surface area contributed by atoms with Crippen LogP contribution in [-0.4, -0.2) is 63.8 Å². The number of allylic oxidation sites excluding steroid dienone is 12. The summed E-state index contributed by atoms with van der Waals surface area (Å²) in [6, 6.07) is 3.96. The number of ketones is 1. The van der Waals surface area contributed by atoms with Crippen LogP contribution in [0.4, 0.5) is 0 Å². The molecule has 1 aromatic heterocycles. The van der Waals surface area contributed by atoms with Gasteiger partial charge >= 0.3 is 11.7 Å². The minimum absolute atomic E-state index is 0.00234. The fraction of sp³-hybridized carbons (Fsp3) is 0.608. The first-order valence-corrected chi connectivity index (χ1v) is 36.8. The molecule has 2 fully saturated rings.